The summed E-state index contributed by atoms with van der Waals surface area (Å²) >= 11 is 6.22. The number of nitrogens with two attached hydrogens (primary N) is 1. The number of carbonyl (C=O) groups is 2. The number of hydrogen-bond acceptors (Lipinski definition) is 4. The number of halogens is 1. The molecule has 1 atom stereocenters. The Morgan fingerprint density at radius 3 is 2.59 bits per heavy atom. The largest absolute Gasteiger partial charge is 0.449 e. The number of hydrogen-bond donors (Lipinski definition) is 1. The summed E-state index contributed by atoms with van der Waals surface area (Å²) in [7, 11) is 0. The lowest BCUT2D eigenvalue weighted by atomic mass is 10.2. The van der Waals surface area contributed by atoms with Gasteiger partial charge in [0.15, 0.2) is 6.10 Å². The highest BCUT2D eigenvalue weighted by molar-refractivity contribution is 6.32. The third-order valence-electron chi connectivity index (χ3n) is 3.13. The summed E-state index contributed by atoms with van der Waals surface area (Å²) in [5.41, 5.74) is 6.65. The minimum absolute atomic E-state index is 0.144. The average molecular weight is 322 g/mol. The molecule has 0 aliphatic heterocycles. The molecule has 2 N–H and O–H groups in total. The van der Waals surface area contributed by atoms with Crippen molar-refractivity contribution >= 4 is 23.5 Å². The zero-order valence-electron chi connectivity index (χ0n) is 12.2. The van der Waals surface area contributed by atoms with E-state index < -0.39 is 18.0 Å². The van der Waals surface area contributed by atoms with E-state index in [-0.39, 0.29) is 10.7 Å². The Morgan fingerprint density at radius 1 is 1.36 bits per heavy atom. The minimum Gasteiger partial charge on any atom is -0.449 e. The first kappa shape index (κ1) is 16.0. The van der Waals surface area contributed by atoms with Crippen LogP contribution in [0.15, 0.2) is 30.3 Å². The van der Waals surface area contributed by atoms with Crippen molar-refractivity contribution in [2.24, 2.45) is 5.73 Å². The molecule has 0 saturated heterocycles. The normalized spacial score (nSPS) is 12.0. The Labute approximate surface area is 132 Å². The number of amides is 1. The summed E-state index contributed by atoms with van der Waals surface area (Å²) in [6, 6.07) is 9.58. The predicted octanol–water partition coefficient (Wildman–Crippen LogP) is 1.92. The van der Waals surface area contributed by atoms with Gasteiger partial charge in [-0.25, -0.2) is 9.48 Å². The average Bonchev–Trinajstić information content (AvgIpc) is 2.74. The summed E-state index contributed by atoms with van der Waals surface area (Å²) in [5.74, 6) is -1.44. The number of esters is 1. The first-order valence-corrected chi connectivity index (χ1v) is 7.05. The molecule has 7 heteroatoms. The van der Waals surface area contributed by atoms with Gasteiger partial charge >= 0.3 is 5.97 Å². The third-order valence-corrected chi connectivity index (χ3v) is 3.51. The maximum absolute atomic E-state index is 12.1. The van der Waals surface area contributed by atoms with Gasteiger partial charge in [-0.2, -0.15) is 5.10 Å². The number of ether oxygens (including phenoxy) is 1. The van der Waals surface area contributed by atoms with E-state index in [1.807, 2.05) is 30.3 Å². The Hall–Kier alpha value is -2.34. The molecule has 0 spiro atoms. The summed E-state index contributed by atoms with van der Waals surface area (Å²) in [4.78, 5) is 23.1. The number of primary amides is 1. The highest BCUT2D eigenvalue weighted by Crippen LogP contribution is 2.22. The Bertz CT molecular complexity index is 698. The van der Waals surface area contributed by atoms with Gasteiger partial charge in [-0.3, -0.25) is 4.79 Å². The summed E-state index contributed by atoms with van der Waals surface area (Å²) in [5, 5.41) is 4.42. The van der Waals surface area contributed by atoms with Crippen molar-refractivity contribution in [2.45, 2.75) is 26.5 Å². The van der Waals surface area contributed by atoms with Crippen LogP contribution in [0.1, 0.15) is 28.5 Å². The summed E-state index contributed by atoms with van der Waals surface area (Å²) < 4.78 is 6.48. The van der Waals surface area contributed by atoms with Crippen molar-refractivity contribution in [3.05, 3.63) is 52.3 Å². The lowest BCUT2D eigenvalue weighted by molar-refractivity contribution is -0.125. The van der Waals surface area contributed by atoms with Gasteiger partial charge in [0.1, 0.15) is 10.7 Å². The molecule has 0 saturated carbocycles. The van der Waals surface area contributed by atoms with E-state index in [0.717, 1.165) is 5.56 Å². The van der Waals surface area contributed by atoms with Crippen LogP contribution in [0, 0.1) is 6.92 Å². The smallest absolute Gasteiger partial charge is 0.343 e. The molecule has 6 nitrogen and oxygen atoms in total. The Balaban J connectivity index is 2.23. The van der Waals surface area contributed by atoms with E-state index in [0.29, 0.717) is 12.2 Å². The van der Waals surface area contributed by atoms with Crippen molar-refractivity contribution in [3.63, 3.8) is 0 Å². The van der Waals surface area contributed by atoms with Crippen LogP contribution in [0.25, 0.3) is 0 Å². The molecule has 22 heavy (non-hydrogen) atoms. The number of rotatable bonds is 5. The van der Waals surface area contributed by atoms with Gasteiger partial charge in [0.2, 0.25) is 0 Å². The van der Waals surface area contributed by atoms with Gasteiger partial charge in [-0.15, -0.1) is 0 Å². The molecule has 116 valence electrons. The summed E-state index contributed by atoms with van der Waals surface area (Å²) in [6.45, 7) is 3.48. The second kappa shape index (κ2) is 6.62. The van der Waals surface area contributed by atoms with Crippen molar-refractivity contribution in [1.29, 1.82) is 0 Å². The van der Waals surface area contributed by atoms with Gasteiger partial charge in [-0.05, 0) is 19.4 Å². The highest BCUT2D eigenvalue weighted by Gasteiger charge is 2.24. The van der Waals surface area contributed by atoms with Crippen molar-refractivity contribution in [3.8, 4) is 0 Å². The molecule has 1 aromatic heterocycles. The molecule has 0 aliphatic rings. The predicted molar refractivity (Wildman–Crippen MR) is 81.6 cm³/mol. The van der Waals surface area contributed by atoms with Gasteiger partial charge in [0, 0.05) is 0 Å². The van der Waals surface area contributed by atoms with Crippen LogP contribution in [0.5, 0.6) is 0 Å². The van der Waals surface area contributed by atoms with E-state index in [1.165, 1.54) is 11.6 Å². The third kappa shape index (κ3) is 3.46. The van der Waals surface area contributed by atoms with Gasteiger partial charge < -0.3 is 10.5 Å². The molecule has 0 fully saturated rings. The molecule has 1 amide bonds. The van der Waals surface area contributed by atoms with Crippen LogP contribution in [0.4, 0.5) is 0 Å². The van der Waals surface area contributed by atoms with Gasteiger partial charge in [0.05, 0.1) is 12.2 Å². The fourth-order valence-electron chi connectivity index (χ4n) is 1.92. The zero-order chi connectivity index (χ0) is 16.3. The molecule has 0 bridgehead atoms. The standard InChI is InChI=1S/C15H16ClN3O3/c1-9-12(15(21)22-10(2)14(17)20)13(16)19(18-9)8-11-6-4-3-5-7-11/h3-7,10H,8H2,1-2H3,(H2,17,20)/t10-/m0/s1. The number of carbonyl (C=O) groups excluding carboxylic acids is 2. The molecule has 0 radical (unpaired) electrons. The summed E-state index contributed by atoms with van der Waals surface area (Å²) in [6.07, 6.45) is -1.03. The molecular formula is C15H16ClN3O3. The molecule has 0 unspecified atom stereocenters. The van der Waals surface area contributed by atoms with Crippen LogP contribution in [0.3, 0.4) is 0 Å². The van der Waals surface area contributed by atoms with E-state index in [1.54, 1.807) is 6.92 Å². The number of aryl methyl sites for hydroxylation is 1. The number of nitrogens with zero attached hydrogens (tertiary/aromatic N) is 2. The minimum atomic E-state index is -1.03. The number of benzene rings is 1. The Kier molecular flexibility index (Phi) is 4.82. The van der Waals surface area contributed by atoms with E-state index in [9.17, 15) is 9.59 Å². The highest BCUT2D eigenvalue weighted by atomic mass is 35.5. The maximum Gasteiger partial charge on any atom is 0.343 e. The molecule has 1 aromatic carbocycles. The topological polar surface area (TPSA) is 87.2 Å². The fourth-order valence-corrected chi connectivity index (χ4v) is 2.24. The first-order chi connectivity index (χ1) is 10.4. The lowest BCUT2D eigenvalue weighted by Crippen LogP contribution is -2.30. The lowest BCUT2D eigenvalue weighted by Gasteiger charge is -2.09. The zero-order valence-corrected chi connectivity index (χ0v) is 13.0. The molecule has 2 rings (SSSR count). The monoisotopic (exact) mass is 321 g/mol. The first-order valence-electron chi connectivity index (χ1n) is 6.67. The van der Waals surface area contributed by atoms with Crippen LogP contribution in [-0.2, 0) is 16.1 Å². The van der Waals surface area contributed by atoms with Crippen molar-refractivity contribution < 1.29 is 14.3 Å². The van der Waals surface area contributed by atoms with Gasteiger partial charge in [-0.1, -0.05) is 41.9 Å². The SMILES string of the molecule is Cc1nn(Cc2ccccc2)c(Cl)c1C(=O)O[C@@H](C)C(N)=O. The molecule has 0 aliphatic carbocycles. The molecule has 2 aromatic rings. The van der Waals surface area contributed by atoms with Crippen LogP contribution < -0.4 is 5.73 Å². The molecule has 1 heterocycles. The van der Waals surface area contributed by atoms with Crippen LogP contribution >= 0.6 is 11.6 Å². The van der Waals surface area contributed by atoms with Gasteiger partial charge in [0.25, 0.3) is 5.91 Å². The second-order valence-corrected chi connectivity index (χ2v) is 5.20. The molecular weight excluding hydrogens is 306 g/mol. The number of aromatic nitrogens is 2. The Morgan fingerprint density at radius 2 is 2.00 bits per heavy atom. The fraction of sp³-hybridized carbons (Fsp3) is 0.267. The van der Waals surface area contributed by atoms with Crippen LogP contribution in [0.2, 0.25) is 5.15 Å². The van der Waals surface area contributed by atoms with Crippen molar-refractivity contribution in [2.75, 3.05) is 0 Å². The maximum atomic E-state index is 12.1. The quantitative estimate of drug-likeness (QED) is 0.852. The van der Waals surface area contributed by atoms with Crippen molar-refractivity contribution in [1.82, 2.24) is 9.78 Å². The van der Waals surface area contributed by atoms with E-state index >= 15 is 0 Å². The second-order valence-electron chi connectivity index (χ2n) is 4.84. The van der Waals surface area contributed by atoms with E-state index in [2.05, 4.69) is 5.10 Å². The van der Waals surface area contributed by atoms with E-state index in [4.69, 9.17) is 22.1 Å². The van der Waals surface area contributed by atoms with Crippen LogP contribution in [-0.4, -0.2) is 27.8 Å².